The third kappa shape index (κ3) is 9.06. The summed E-state index contributed by atoms with van der Waals surface area (Å²) in [5.41, 5.74) is 2.54. The summed E-state index contributed by atoms with van der Waals surface area (Å²) < 4.78 is 8.48. The van der Waals surface area contributed by atoms with Crippen LogP contribution >= 0.6 is 11.9 Å². The molecular weight excluding hydrogens is 316 g/mol. The summed E-state index contributed by atoms with van der Waals surface area (Å²) in [4.78, 5) is 5.22. The number of pyridine rings is 1. The van der Waals surface area contributed by atoms with Gasteiger partial charge < -0.3 is 4.74 Å². The quantitative estimate of drug-likeness (QED) is 0.752. The summed E-state index contributed by atoms with van der Waals surface area (Å²) in [6, 6.07) is 12.5. The van der Waals surface area contributed by atoms with E-state index >= 15 is 0 Å². The van der Waals surface area contributed by atoms with Gasteiger partial charge in [0.2, 0.25) is 0 Å². The molecule has 0 bridgehead atoms. The lowest BCUT2D eigenvalue weighted by Crippen LogP contribution is -2.02. The number of aryl methyl sites for hydroxylation is 1. The number of nitrogens with one attached hydrogen (secondary N) is 1. The molecule has 1 fully saturated rings. The molecule has 3 nitrogen and oxygen atoms in total. The Morgan fingerprint density at radius 3 is 2.29 bits per heavy atom. The van der Waals surface area contributed by atoms with Crippen molar-refractivity contribution in [2.24, 2.45) is 0 Å². The fourth-order valence-electron chi connectivity index (χ4n) is 2.05. The molecule has 4 heteroatoms. The molecule has 1 aliphatic rings. The second-order valence-electron chi connectivity index (χ2n) is 5.42. The molecule has 1 aliphatic heterocycles. The Balaban J connectivity index is 0.000000300. The fourth-order valence-corrected chi connectivity index (χ4v) is 2.73. The monoisotopic (exact) mass is 346 g/mol. The lowest BCUT2D eigenvalue weighted by Gasteiger charge is -2.04. The van der Waals surface area contributed by atoms with Crippen molar-refractivity contribution in [1.82, 2.24) is 9.71 Å². The van der Waals surface area contributed by atoms with Crippen LogP contribution in [0.15, 0.2) is 53.7 Å². The molecule has 2 aromatic rings. The predicted molar refractivity (Wildman–Crippen MR) is 104 cm³/mol. The van der Waals surface area contributed by atoms with Gasteiger partial charge in [-0.25, -0.2) is 0 Å². The van der Waals surface area contributed by atoms with Crippen LogP contribution in [0.25, 0.3) is 0 Å². The molecule has 0 amide bonds. The van der Waals surface area contributed by atoms with Crippen molar-refractivity contribution in [2.75, 3.05) is 6.61 Å². The number of ether oxygens (including phenoxy) is 1. The molecule has 24 heavy (non-hydrogen) atoms. The van der Waals surface area contributed by atoms with Gasteiger partial charge in [-0.15, -0.1) is 0 Å². The molecule has 2 heterocycles. The smallest absolute Gasteiger partial charge is 0.0547 e. The van der Waals surface area contributed by atoms with Gasteiger partial charge in [-0.3, -0.25) is 9.71 Å². The summed E-state index contributed by atoms with van der Waals surface area (Å²) in [5, 5.41) is 0. The van der Waals surface area contributed by atoms with E-state index in [1.165, 1.54) is 28.9 Å². The van der Waals surface area contributed by atoms with Gasteiger partial charge in [0.05, 0.1) is 6.10 Å². The summed E-state index contributed by atoms with van der Waals surface area (Å²) in [6.45, 7) is 10.0. The van der Waals surface area contributed by atoms with Crippen molar-refractivity contribution in [3.8, 4) is 0 Å². The van der Waals surface area contributed by atoms with Crippen LogP contribution in [0.2, 0.25) is 0 Å². The zero-order valence-corrected chi connectivity index (χ0v) is 16.1. The average Bonchev–Trinajstić information content (AvgIpc) is 3.11. The Bertz CT molecular complexity index is 525. The fraction of sp³-hybridized carbons (Fsp3) is 0.450. The van der Waals surface area contributed by atoms with Crippen molar-refractivity contribution >= 4 is 11.9 Å². The molecule has 1 saturated heterocycles. The molecule has 0 saturated carbocycles. The molecule has 1 aromatic heterocycles. The molecule has 1 aromatic carbocycles. The van der Waals surface area contributed by atoms with E-state index in [9.17, 15) is 0 Å². The average molecular weight is 347 g/mol. The Labute approximate surface area is 151 Å². The number of benzene rings is 1. The molecule has 0 radical (unpaired) electrons. The van der Waals surface area contributed by atoms with E-state index in [-0.39, 0.29) is 0 Å². The molecule has 1 N–H and O–H groups in total. The van der Waals surface area contributed by atoms with Gasteiger partial charge in [0, 0.05) is 30.4 Å². The summed E-state index contributed by atoms with van der Waals surface area (Å²) in [5.74, 6) is 0. The van der Waals surface area contributed by atoms with Gasteiger partial charge in [-0.05, 0) is 68.5 Å². The summed E-state index contributed by atoms with van der Waals surface area (Å²) in [6.07, 6.45) is 6.70. The Morgan fingerprint density at radius 1 is 1.12 bits per heavy atom. The topological polar surface area (TPSA) is 34.1 Å². The van der Waals surface area contributed by atoms with Crippen molar-refractivity contribution in [3.63, 3.8) is 0 Å². The highest BCUT2D eigenvalue weighted by atomic mass is 32.2. The Hall–Kier alpha value is -1.36. The number of aromatic nitrogens is 1. The molecule has 1 unspecified atom stereocenters. The Kier molecular flexibility index (Phi) is 11.2. The Morgan fingerprint density at radius 2 is 1.79 bits per heavy atom. The van der Waals surface area contributed by atoms with Crippen LogP contribution in [0.3, 0.4) is 0 Å². The first-order valence-electron chi connectivity index (χ1n) is 8.71. The minimum Gasteiger partial charge on any atom is -0.379 e. The number of rotatable bonds is 4. The van der Waals surface area contributed by atoms with E-state index in [4.69, 9.17) is 4.74 Å². The van der Waals surface area contributed by atoms with Gasteiger partial charge in [-0.2, -0.15) is 0 Å². The third-order valence-electron chi connectivity index (χ3n) is 3.39. The van der Waals surface area contributed by atoms with Gasteiger partial charge in [-0.1, -0.05) is 31.5 Å². The number of hydrogen-bond donors (Lipinski definition) is 1. The normalized spacial score (nSPS) is 15.8. The van der Waals surface area contributed by atoms with Gasteiger partial charge in [0.25, 0.3) is 0 Å². The van der Waals surface area contributed by atoms with Crippen LogP contribution in [0.1, 0.15) is 44.7 Å². The van der Waals surface area contributed by atoms with Crippen molar-refractivity contribution in [3.05, 3.63) is 59.9 Å². The van der Waals surface area contributed by atoms with Crippen molar-refractivity contribution in [1.29, 1.82) is 0 Å². The third-order valence-corrected chi connectivity index (χ3v) is 4.19. The number of hydrogen-bond acceptors (Lipinski definition) is 4. The van der Waals surface area contributed by atoms with Crippen LogP contribution in [0.4, 0.5) is 0 Å². The number of nitrogens with zero attached hydrogens (tertiary/aromatic N) is 1. The highest BCUT2D eigenvalue weighted by molar-refractivity contribution is 7.97. The first kappa shape index (κ1) is 20.7. The van der Waals surface area contributed by atoms with Crippen LogP contribution in [0, 0.1) is 6.92 Å². The van der Waals surface area contributed by atoms with Crippen molar-refractivity contribution < 1.29 is 4.74 Å². The minimum atomic E-state index is 0.546. The maximum Gasteiger partial charge on any atom is 0.0547 e. The van der Waals surface area contributed by atoms with E-state index in [1.807, 2.05) is 38.4 Å². The lowest BCUT2D eigenvalue weighted by atomic mass is 10.2. The zero-order chi connectivity index (χ0) is 17.6. The van der Waals surface area contributed by atoms with Crippen LogP contribution < -0.4 is 4.72 Å². The molecule has 0 aliphatic carbocycles. The van der Waals surface area contributed by atoms with E-state index in [0.29, 0.717) is 6.10 Å². The van der Waals surface area contributed by atoms with Gasteiger partial charge >= 0.3 is 0 Å². The zero-order valence-electron chi connectivity index (χ0n) is 15.3. The van der Waals surface area contributed by atoms with Crippen LogP contribution in [-0.2, 0) is 11.3 Å². The van der Waals surface area contributed by atoms with E-state index in [1.54, 1.807) is 11.9 Å². The van der Waals surface area contributed by atoms with E-state index in [2.05, 4.69) is 47.8 Å². The van der Waals surface area contributed by atoms with Crippen molar-refractivity contribution in [2.45, 2.75) is 58.1 Å². The highest BCUT2D eigenvalue weighted by Crippen LogP contribution is 2.15. The summed E-state index contributed by atoms with van der Waals surface area (Å²) >= 11 is 1.65. The van der Waals surface area contributed by atoms with Crippen LogP contribution in [-0.4, -0.2) is 17.7 Å². The highest BCUT2D eigenvalue weighted by Gasteiger charge is 2.07. The van der Waals surface area contributed by atoms with Crippen LogP contribution in [0.5, 0.6) is 0 Å². The minimum absolute atomic E-state index is 0.546. The maximum absolute atomic E-state index is 5.15. The first-order chi connectivity index (χ1) is 11.7. The molecule has 3 rings (SSSR count). The molecule has 1 atom stereocenters. The standard InChI is InChI=1S/C13H14N2S.C5H10O.C2H6/c1-11-2-4-13(5-3-11)16-15-10-12-6-8-14-9-7-12;1-5-3-2-4-6-5;1-2/h2-9,15H,10H2,1H3;5H,2-4H2,1H3;1-2H3. The molecule has 0 spiro atoms. The van der Waals surface area contributed by atoms with E-state index in [0.717, 1.165) is 13.2 Å². The second-order valence-corrected chi connectivity index (χ2v) is 6.38. The predicted octanol–water partition coefficient (Wildman–Crippen LogP) is 5.40. The van der Waals surface area contributed by atoms with E-state index < -0.39 is 0 Å². The van der Waals surface area contributed by atoms with Gasteiger partial charge in [0.1, 0.15) is 0 Å². The van der Waals surface area contributed by atoms with Gasteiger partial charge in [0.15, 0.2) is 0 Å². The lowest BCUT2D eigenvalue weighted by molar-refractivity contribution is 0.125. The largest absolute Gasteiger partial charge is 0.379 e. The molecular formula is C20H30N2OS. The first-order valence-corrected chi connectivity index (χ1v) is 9.52. The maximum atomic E-state index is 5.15. The summed E-state index contributed by atoms with van der Waals surface area (Å²) in [7, 11) is 0. The second kappa shape index (κ2) is 13.0. The SMILES string of the molecule is CC.CC1CCCO1.Cc1ccc(SNCc2ccncc2)cc1. The molecule has 132 valence electrons.